The third-order valence-electron chi connectivity index (χ3n) is 4.52. The molecule has 29 heavy (non-hydrogen) atoms. The van der Waals surface area contributed by atoms with Crippen LogP contribution in [0.4, 0.5) is 23.2 Å². The first-order valence-electron chi connectivity index (χ1n) is 8.87. The van der Waals surface area contributed by atoms with Crippen LogP contribution in [0.25, 0.3) is 5.57 Å². The van der Waals surface area contributed by atoms with E-state index < -0.39 is 6.36 Å². The lowest BCUT2D eigenvalue weighted by atomic mass is 9.99. The predicted molar refractivity (Wildman–Crippen MR) is 98.5 cm³/mol. The van der Waals surface area contributed by atoms with E-state index in [0.29, 0.717) is 18.8 Å². The van der Waals surface area contributed by atoms with Crippen molar-refractivity contribution in [1.82, 2.24) is 15.0 Å². The maximum Gasteiger partial charge on any atom is 0.573 e. The molecule has 0 N–H and O–H groups in total. The fourth-order valence-corrected chi connectivity index (χ4v) is 3.24. The Balaban J connectivity index is 1.72. The minimum atomic E-state index is -4.74. The third kappa shape index (κ3) is 3.94. The van der Waals surface area contributed by atoms with E-state index in [1.54, 1.807) is 16.8 Å². The van der Waals surface area contributed by atoms with E-state index in [0.717, 1.165) is 22.5 Å². The van der Waals surface area contributed by atoms with Gasteiger partial charge in [0.05, 0.1) is 12.2 Å². The van der Waals surface area contributed by atoms with Gasteiger partial charge in [-0.1, -0.05) is 17.3 Å². The van der Waals surface area contributed by atoms with Crippen LogP contribution in [0, 0.1) is 5.82 Å². The molecule has 3 aromatic rings. The molecule has 0 fully saturated rings. The van der Waals surface area contributed by atoms with E-state index in [1.165, 1.54) is 36.4 Å². The zero-order chi connectivity index (χ0) is 20.6. The molecule has 0 saturated carbocycles. The average Bonchev–Trinajstić information content (AvgIpc) is 3.10. The SMILES string of the molecule is CCn1nnc2c1C(c1ccc(F)cc1)=CN(c1ccc(OC(F)(F)F)cc1)C2. The molecular formula is C20H16F4N4O. The monoisotopic (exact) mass is 404 g/mol. The van der Waals surface area contributed by atoms with Gasteiger partial charge in [-0.05, 0) is 48.9 Å². The molecule has 4 rings (SSSR count). The Labute approximate surface area is 163 Å². The van der Waals surface area contributed by atoms with Gasteiger partial charge in [-0.3, -0.25) is 0 Å². The number of hydrogen-bond acceptors (Lipinski definition) is 4. The lowest BCUT2D eigenvalue weighted by molar-refractivity contribution is -0.274. The second-order valence-electron chi connectivity index (χ2n) is 6.42. The van der Waals surface area contributed by atoms with Crippen LogP contribution in [0.2, 0.25) is 0 Å². The van der Waals surface area contributed by atoms with Gasteiger partial charge < -0.3 is 9.64 Å². The number of ether oxygens (including phenoxy) is 1. The second-order valence-corrected chi connectivity index (χ2v) is 6.42. The number of fused-ring (bicyclic) bond motifs is 1. The van der Waals surface area contributed by atoms with E-state index in [4.69, 9.17) is 0 Å². The first-order chi connectivity index (χ1) is 13.8. The van der Waals surface area contributed by atoms with Crippen LogP contribution in [0.15, 0.2) is 54.7 Å². The van der Waals surface area contributed by atoms with E-state index in [2.05, 4.69) is 15.0 Å². The highest BCUT2D eigenvalue weighted by atomic mass is 19.4. The lowest BCUT2D eigenvalue weighted by Gasteiger charge is -2.27. The Morgan fingerprint density at radius 3 is 2.34 bits per heavy atom. The molecule has 1 aromatic heterocycles. The van der Waals surface area contributed by atoms with Gasteiger partial charge in [-0.15, -0.1) is 18.3 Å². The number of halogens is 4. The molecule has 1 aliphatic heterocycles. The number of aromatic nitrogens is 3. The van der Waals surface area contributed by atoms with Crippen molar-refractivity contribution < 1.29 is 22.3 Å². The maximum atomic E-state index is 13.4. The number of nitrogens with zero attached hydrogens (tertiary/aromatic N) is 4. The van der Waals surface area contributed by atoms with Crippen molar-refractivity contribution in [1.29, 1.82) is 0 Å². The Morgan fingerprint density at radius 1 is 1.03 bits per heavy atom. The molecule has 0 radical (unpaired) electrons. The van der Waals surface area contributed by atoms with Gasteiger partial charge in [0.1, 0.15) is 17.3 Å². The summed E-state index contributed by atoms with van der Waals surface area (Å²) in [5.41, 5.74) is 3.81. The van der Waals surface area contributed by atoms with Crippen molar-refractivity contribution in [2.75, 3.05) is 4.90 Å². The van der Waals surface area contributed by atoms with Crippen molar-refractivity contribution >= 4 is 11.3 Å². The molecule has 0 atom stereocenters. The third-order valence-corrected chi connectivity index (χ3v) is 4.52. The molecule has 0 bridgehead atoms. The zero-order valence-electron chi connectivity index (χ0n) is 15.3. The van der Waals surface area contributed by atoms with Crippen molar-refractivity contribution in [3.8, 4) is 5.75 Å². The summed E-state index contributed by atoms with van der Waals surface area (Å²) in [6, 6.07) is 11.7. The lowest BCUT2D eigenvalue weighted by Crippen LogP contribution is -2.23. The topological polar surface area (TPSA) is 43.2 Å². The number of aryl methyl sites for hydroxylation is 1. The molecule has 0 saturated heterocycles. The van der Waals surface area contributed by atoms with Crippen LogP contribution >= 0.6 is 0 Å². The van der Waals surface area contributed by atoms with E-state index in [1.807, 2.05) is 18.0 Å². The molecule has 0 amide bonds. The minimum Gasteiger partial charge on any atom is -0.406 e. The highest BCUT2D eigenvalue weighted by molar-refractivity contribution is 5.83. The first kappa shape index (κ1) is 19.0. The summed E-state index contributed by atoms with van der Waals surface area (Å²) in [7, 11) is 0. The fourth-order valence-electron chi connectivity index (χ4n) is 3.24. The van der Waals surface area contributed by atoms with E-state index in [-0.39, 0.29) is 11.6 Å². The van der Waals surface area contributed by atoms with Gasteiger partial charge >= 0.3 is 6.36 Å². The number of anilines is 1. The Kier molecular flexibility index (Phi) is 4.73. The molecule has 1 aliphatic rings. The van der Waals surface area contributed by atoms with Gasteiger partial charge in [0.15, 0.2) is 0 Å². The molecule has 5 nitrogen and oxygen atoms in total. The highest BCUT2D eigenvalue weighted by Gasteiger charge is 2.31. The number of alkyl halides is 3. The molecule has 0 aliphatic carbocycles. The fraction of sp³-hybridized carbons (Fsp3) is 0.200. The molecule has 2 aromatic carbocycles. The Bertz CT molecular complexity index is 1040. The number of benzene rings is 2. The van der Waals surface area contributed by atoms with Crippen LogP contribution in [-0.2, 0) is 13.1 Å². The smallest absolute Gasteiger partial charge is 0.406 e. The van der Waals surface area contributed by atoms with Gasteiger partial charge in [0.2, 0.25) is 0 Å². The molecule has 0 spiro atoms. The van der Waals surface area contributed by atoms with Crippen molar-refractivity contribution in [2.24, 2.45) is 0 Å². The quantitative estimate of drug-likeness (QED) is 0.589. The van der Waals surface area contributed by atoms with Crippen LogP contribution in [0.5, 0.6) is 5.75 Å². The molecule has 150 valence electrons. The number of rotatable bonds is 4. The highest BCUT2D eigenvalue weighted by Crippen LogP contribution is 2.34. The van der Waals surface area contributed by atoms with Crippen molar-refractivity contribution in [3.05, 3.63) is 77.5 Å². The largest absolute Gasteiger partial charge is 0.573 e. The zero-order valence-corrected chi connectivity index (χ0v) is 15.3. The first-order valence-corrected chi connectivity index (χ1v) is 8.87. The van der Waals surface area contributed by atoms with Crippen LogP contribution < -0.4 is 9.64 Å². The normalized spacial score (nSPS) is 13.8. The maximum absolute atomic E-state index is 13.4. The van der Waals surface area contributed by atoms with Gasteiger partial charge in [0.25, 0.3) is 0 Å². The minimum absolute atomic E-state index is 0.293. The molecular weight excluding hydrogens is 388 g/mol. The second kappa shape index (κ2) is 7.23. The summed E-state index contributed by atoms with van der Waals surface area (Å²) < 4.78 is 56.2. The van der Waals surface area contributed by atoms with Crippen molar-refractivity contribution in [2.45, 2.75) is 26.4 Å². The van der Waals surface area contributed by atoms with Crippen LogP contribution in [0.1, 0.15) is 23.9 Å². The molecule has 9 heteroatoms. The van der Waals surface area contributed by atoms with Crippen molar-refractivity contribution in [3.63, 3.8) is 0 Å². The van der Waals surface area contributed by atoms with E-state index in [9.17, 15) is 17.6 Å². The summed E-state index contributed by atoms with van der Waals surface area (Å²) in [4.78, 5) is 1.85. The van der Waals surface area contributed by atoms with Crippen LogP contribution in [0.3, 0.4) is 0 Å². The Hall–Kier alpha value is -3.36. The summed E-state index contributed by atoms with van der Waals surface area (Å²) in [5, 5.41) is 8.42. The van der Waals surface area contributed by atoms with Gasteiger partial charge in [0, 0.05) is 24.0 Å². The summed E-state index contributed by atoms with van der Waals surface area (Å²) in [6.45, 7) is 2.97. The standard InChI is InChI=1S/C20H16F4N4O/c1-2-28-19-17(13-3-5-14(21)6-4-13)11-27(12-18(19)25-26-28)15-7-9-16(10-8-15)29-20(22,23)24/h3-11H,2,12H2,1H3. The summed E-state index contributed by atoms with van der Waals surface area (Å²) >= 11 is 0. The van der Waals surface area contributed by atoms with E-state index >= 15 is 0 Å². The molecule has 2 heterocycles. The summed E-state index contributed by atoms with van der Waals surface area (Å²) in [6.07, 6.45) is -2.87. The predicted octanol–water partition coefficient (Wildman–Crippen LogP) is 4.75. The van der Waals surface area contributed by atoms with Gasteiger partial charge in [-0.2, -0.15) is 0 Å². The van der Waals surface area contributed by atoms with Crippen LogP contribution in [-0.4, -0.2) is 21.4 Å². The Morgan fingerprint density at radius 2 is 1.72 bits per heavy atom. The molecule has 0 unspecified atom stereocenters. The average molecular weight is 404 g/mol. The summed E-state index contributed by atoms with van der Waals surface area (Å²) in [5.74, 6) is -0.636. The number of hydrogen-bond donors (Lipinski definition) is 0. The van der Waals surface area contributed by atoms with Gasteiger partial charge in [-0.25, -0.2) is 9.07 Å².